The van der Waals surface area contributed by atoms with Crippen molar-refractivity contribution < 1.29 is 18.0 Å². The minimum absolute atomic E-state index is 0.184. The van der Waals surface area contributed by atoms with E-state index in [2.05, 4.69) is 0 Å². The summed E-state index contributed by atoms with van der Waals surface area (Å²) in [7, 11) is 0. The van der Waals surface area contributed by atoms with Gasteiger partial charge in [0.05, 0.1) is 16.1 Å². The van der Waals surface area contributed by atoms with Gasteiger partial charge in [0.1, 0.15) is 0 Å². The first kappa shape index (κ1) is 14.6. The number of nitrogens with two attached hydrogens (primary N) is 1. The Bertz CT molecular complexity index is 850. The number of carbonyl (C=O) groups is 1. The second kappa shape index (κ2) is 5.14. The van der Waals surface area contributed by atoms with Gasteiger partial charge in [-0.1, -0.05) is 30.3 Å². The molecular formula is C16H10F3NOS. The Kier molecular flexibility index (Phi) is 3.41. The number of benzene rings is 2. The van der Waals surface area contributed by atoms with E-state index in [1.54, 1.807) is 12.1 Å². The van der Waals surface area contributed by atoms with Crippen molar-refractivity contribution in [3.8, 4) is 0 Å². The van der Waals surface area contributed by atoms with Gasteiger partial charge in [-0.3, -0.25) is 4.79 Å². The van der Waals surface area contributed by atoms with E-state index in [1.165, 1.54) is 23.5 Å². The topological polar surface area (TPSA) is 43.1 Å². The van der Waals surface area contributed by atoms with Crippen LogP contribution in [0.25, 0.3) is 10.1 Å². The third-order valence-electron chi connectivity index (χ3n) is 3.32. The van der Waals surface area contributed by atoms with Crippen molar-refractivity contribution in [3.05, 3.63) is 65.2 Å². The quantitative estimate of drug-likeness (QED) is 0.693. The van der Waals surface area contributed by atoms with E-state index in [4.69, 9.17) is 5.73 Å². The number of fused-ring (bicyclic) bond motifs is 1. The molecule has 0 bridgehead atoms. The van der Waals surface area contributed by atoms with Gasteiger partial charge in [0, 0.05) is 15.6 Å². The zero-order valence-electron chi connectivity index (χ0n) is 11.1. The number of ketones is 1. The minimum atomic E-state index is -4.42. The number of alkyl halides is 3. The van der Waals surface area contributed by atoms with Gasteiger partial charge in [-0.2, -0.15) is 13.2 Å². The highest BCUT2D eigenvalue weighted by atomic mass is 32.1. The molecule has 0 amide bonds. The number of anilines is 1. The smallest absolute Gasteiger partial charge is 0.390 e. The molecule has 0 aliphatic rings. The highest BCUT2D eigenvalue weighted by Gasteiger charge is 2.30. The molecule has 2 aromatic carbocycles. The van der Waals surface area contributed by atoms with Crippen LogP contribution in [0.1, 0.15) is 21.5 Å². The van der Waals surface area contributed by atoms with Crippen LogP contribution in [-0.4, -0.2) is 5.78 Å². The molecule has 2 nitrogen and oxygen atoms in total. The Morgan fingerprint density at radius 1 is 1.00 bits per heavy atom. The molecule has 0 aliphatic carbocycles. The van der Waals surface area contributed by atoms with Crippen LogP contribution in [0.2, 0.25) is 0 Å². The SMILES string of the molecule is Nc1sc2ccccc2c1C(=O)c1ccc(C(F)(F)F)cc1. The van der Waals surface area contributed by atoms with Gasteiger partial charge >= 0.3 is 6.18 Å². The van der Waals surface area contributed by atoms with Crippen LogP contribution in [0.5, 0.6) is 0 Å². The highest BCUT2D eigenvalue weighted by Crippen LogP contribution is 2.35. The maximum atomic E-state index is 12.6. The predicted octanol–water partition coefficient (Wildman–Crippen LogP) is 4.73. The molecule has 6 heteroatoms. The predicted molar refractivity (Wildman–Crippen MR) is 81.1 cm³/mol. The highest BCUT2D eigenvalue weighted by molar-refractivity contribution is 7.23. The normalized spacial score (nSPS) is 11.8. The third kappa shape index (κ3) is 2.46. The van der Waals surface area contributed by atoms with E-state index >= 15 is 0 Å². The Morgan fingerprint density at radius 3 is 2.27 bits per heavy atom. The first-order valence-electron chi connectivity index (χ1n) is 6.37. The summed E-state index contributed by atoms with van der Waals surface area (Å²) < 4.78 is 38.6. The molecule has 0 spiro atoms. The third-order valence-corrected chi connectivity index (χ3v) is 4.32. The molecule has 0 atom stereocenters. The van der Waals surface area contributed by atoms with E-state index in [-0.39, 0.29) is 11.3 Å². The fraction of sp³-hybridized carbons (Fsp3) is 0.0625. The number of rotatable bonds is 2. The van der Waals surface area contributed by atoms with Crippen LogP contribution in [0.3, 0.4) is 0 Å². The number of hydrogen-bond donors (Lipinski definition) is 1. The average Bonchev–Trinajstić information content (AvgIpc) is 2.81. The van der Waals surface area contributed by atoms with E-state index in [9.17, 15) is 18.0 Å². The molecule has 0 radical (unpaired) electrons. The Labute approximate surface area is 128 Å². The lowest BCUT2D eigenvalue weighted by molar-refractivity contribution is -0.137. The van der Waals surface area contributed by atoms with Gasteiger partial charge in [0.25, 0.3) is 0 Å². The lowest BCUT2D eigenvalue weighted by Crippen LogP contribution is -2.07. The number of thiophene rings is 1. The van der Waals surface area contributed by atoms with Gasteiger partial charge in [-0.05, 0) is 18.2 Å². The largest absolute Gasteiger partial charge is 0.416 e. The summed E-state index contributed by atoms with van der Waals surface area (Å²) in [6.07, 6.45) is -4.42. The van der Waals surface area contributed by atoms with Crippen molar-refractivity contribution in [2.45, 2.75) is 6.18 Å². The van der Waals surface area contributed by atoms with Crippen LogP contribution >= 0.6 is 11.3 Å². The van der Waals surface area contributed by atoms with Crippen molar-refractivity contribution in [1.82, 2.24) is 0 Å². The van der Waals surface area contributed by atoms with Crippen LogP contribution in [0.15, 0.2) is 48.5 Å². The van der Waals surface area contributed by atoms with E-state index in [0.29, 0.717) is 10.6 Å². The molecule has 2 N–H and O–H groups in total. The molecule has 0 fully saturated rings. The Morgan fingerprint density at radius 2 is 1.64 bits per heavy atom. The molecule has 0 saturated heterocycles. The molecular weight excluding hydrogens is 311 g/mol. The van der Waals surface area contributed by atoms with Crippen LogP contribution in [0, 0.1) is 0 Å². The number of halogens is 3. The average molecular weight is 321 g/mol. The number of nitrogen functional groups attached to an aromatic ring is 1. The van der Waals surface area contributed by atoms with Crippen molar-refractivity contribution >= 4 is 32.2 Å². The molecule has 22 heavy (non-hydrogen) atoms. The molecule has 0 aliphatic heterocycles. The van der Waals surface area contributed by atoms with Gasteiger partial charge < -0.3 is 5.73 Å². The fourth-order valence-corrected chi connectivity index (χ4v) is 3.22. The Balaban J connectivity index is 2.05. The van der Waals surface area contributed by atoms with Crippen LogP contribution in [-0.2, 0) is 6.18 Å². The second-order valence-electron chi connectivity index (χ2n) is 4.74. The van der Waals surface area contributed by atoms with Gasteiger partial charge in [-0.15, -0.1) is 11.3 Å². The maximum Gasteiger partial charge on any atom is 0.416 e. The van der Waals surface area contributed by atoms with Crippen LogP contribution in [0.4, 0.5) is 18.2 Å². The molecule has 3 rings (SSSR count). The lowest BCUT2D eigenvalue weighted by atomic mass is 10.0. The molecule has 0 saturated carbocycles. The number of carbonyl (C=O) groups excluding carboxylic acids is 1. The van der Waals surface area contributed by atoms with Crippen molar-refractivity contribution in [2.75, 3.05) is 5.73 Å². The monoisotopic (exact) mass is 321 g/mol. The maximum absolute atomic E-state index is 12.6. The molecule has 3 aromatic rings. The van der Waals surface area contributed by atoms with Gasteiger partial charge in [0.2, 0.25) is 0 Å². The Hall–Kier alpha value is -2.34. The summed E-state index contributed by atoms with van der Waals surface area (Å²) in [5, 5.41) is 1.08. The van der Waals surface area contributed by atoms with Gasteiger partial charge in [0.15, 0.2) is 5.78 Å². The van der Waals surface area contributed by atoms with Crippen molar-refractivity contribution in [1.29, 1.82) is 0 Å². The standard InChI is InChI=1S/C16H10F3NOS/c17-16(18,19)10-7-5-9(6-8-10)14(21)13-11-3-1-2-4-12(11)22-15(13)20/h1-8H,20H2. The number of hydrogen-bond acceptors (Lipinski definition) is 3. The molecule has 1 heterocycles. The summed E-state index contributed by atoms with van der Waals surface area (Å²) in [5.74, 6) is -0.372. The van der Waals surface area contributed by atoms with Crippen molar-refractivity contribution in [3.63, 3.8) is 0 Å². The lowest BCUT2D eigenvalue weighted by Gasteiger charge is -2.07. The summed E-state index contributed by atoms with van der Waals surface area (Å²) in [6.45, 7) is 0. The zero-order chi connectivity index (χ0) is 15.9. The summed E-state index contributed by atoms with van der Waals surface area (Å²) in [5.41, 5.74) is 5.65. The summed E-state index contributed by atoms with van der Waals surface area (Å²) in [6, 6.07) is 11.4. The first-order valence-corrected chi connectivity index (χ1v) is 7.18. The fourth-order valence-electron chi connectivity index (χ4n) is 2.25. The zero-order valence-corrected chi connectivity index (χ0v) is 12.0. The molecule has 0 unspecified atom stereocenters. The van der Waals surface area contributed by atoms with Crippen LogP contribution < -0.4 is 5.73 Å². The molecule has 112 valence electrons. The second-order valence-corrected chi connectivity index (χ2v) is 5.83. The summed E-state index contributed by atoms with van der Waals surface area (Å²) >= 11 is 1.29. The van der Waals surface area contributed by atoms with E-state index < -0.39 is 11.7 Å². The van der Waals surface area contributed by atoms with E-state index in [1.807, 2.05) is 12.1 Å². The van der Waals surface area contributed by atoms with Crippen molar-refractivity contribution in [2.24, 2.45) is 0 Å². The molecule has 1 aromatic heterocycles. The minimum Gasteiger partial charge on any atom is -0.390 e. The van der Waals surface area contributed by atoms with E-state index in [0.717, 1.165) is 22.2 Å². The van der Waals surface area contributed by atoms with Gasteiger partial charge in [-0.25, -0.2) is 0 Å². The summed E-state index contributed by atoms with van der Waals surface area (Å²) in [4.78, 5) is 12.5. The first-order chi connectivity index (χ1) is 10.4.